The quantitative estimate of drug-likeness (QED) is 0.673. The number of halogens is 7. The Kier molecular flexibility index (Phi) is 3.70. The summed E-state index contributed by atoms with van der Waals surface area (Å²) in [5, 5.41) is 0. The van der Waals surface area contributed by atoms with Crippen LogP contribution in [0.3, 0.4) is 0 Å². The molecule has 0 spiro atoms. The van der Waals surface area contributed by atoms with Crippen molar-refractivity contribution in [1.82, 2.24) is 4.98 Å². The molecule has 0 aliphatic rings. The second-order valence-corrected chi connectivity index (χ2v) is 4.14. The lowest BCUT2D eigenvalue weighted by molar-refractivity contribution is -0.142. The molecule has 15 heavy (non-hydrogen) atoms. The summed E-state index contributed by atoms with van der Waals surface area (Å²) in [6.45, 7) is 0. The third kappa shape index (κ3) is 2.87. The summed E-state index contributed by atoms with van der Waals surface area (Å²) in [4.78, 5) is 2.85. The second-order valence-electron chi connectivity index (χ2n) is 2.49. The zero-order valence-corrected chi connectivity index (χ0v) is 9.92. The zero-order valence-electron chi connectivity index (χ0n) is 6.75. The normalized spacial score (nSPS) is 12.3. The predicted octanol–water partition coefficient (Wildman–Crippen LogP) is 4.56. The zero-order chi connectivity index (χ0) is 11.8. The van der Waals surface area contributed by atoms with Gasteiger partial charge in [0, 0.05) is 4.47 Å². The van der Waals surface area contributed by atoms with Gasteiger partial charge in [0.1, 0.15) is 5.69 Å². The van der Waals surface area contributed by atoms with Gasteiger partial charge in [-0.25, -0.2) is 13.8 Å². The van der Waals surface area contributed by atoms with Crippen LogP contribution in [0.25, 0.3) is 0 Å². The van der Waals surface area contributed by atoms with E-state index in [1.54, 1.807) is 0 Å². The van der Waals surface area contributed by atoms with Crippen molar-refractivity contribution in [2.45, 2.75) is 12.6 Å². The molecule has 1 heterocycles. The first-order valence-corrected chi connectivity index (χ1v) is 5.03. The second kappa shape index (κ2) is 4.32. The fourth-order valence-corrected chi connectivity index (χ4v) is 1.67. The third-order valence-corrected chi connectivity index (χ3v) is 3.39. The molecule has 0 fully saturated rings. The Labute approximate surface area is 97.9 Å². The fourth-order valence-electron chi connectivity index (χ4n) is 0.816. The van der Waals surface area contributed by atoms with Gasteiger partial charge >= 0.3 is 6.18 Å². The molecule has 0 bridgehead atoms. The number of alkyl halides is 5. The number of hydrogen-bond acceptors (Lipinski definition) is 1. The van der Waals surface area contributed by atoms with Crippen LogP contribution in [0, 0.1) is 0 Å². The smallest absolute Gasteiger partial charge is 0.241 e. The summed E-state index contributed by atoms with van der Waals surface area (Å²) >= 11 is 5.36. The lowest BCUT2D eigenvalue weighted by Gasteiger charge is -2.11. The van der Waals surface area contributed by atoms with Crippen molar-refractivity contribution in [3.05, 3.63) is 26.4 Å². The van der Waals surface area contributed by atoms with E-state index in [9.17, 15) is 22.0 Å². The van der Waals surface area contributed by atoms with Gasteiger partial charge in [-0.05, 0) is 37.9 Å². The standard InChI is InChI=1S/C7H2Br2F5N/c8-2-1-3(6(10)11)15-5(4(2)9)7(12,13)14/h1,6H. The van der Waals surface area contributed by atoms with Crippen molar-refractivity contribution in [2.24, 2.45) is 0 Å². The van der Waals surface area contributed by atoms with Gasteiger partial charge in [-0.3, -0.25) is 0 Å². The van der Waals surface area contributed by atoms with Crippen molar-refractivity contribution in [2.75, 3.05) is 0 Å². The minimum atomic E-state index is -4.77. The van der Waals surface area contributed by atoms with Gasteiger partial charge in [0.2, 0.25) is 0 Å². The van der Waals surface area contributed by atoms with Crippen LogP contribution in [0.4, 0.5) is 22.0 Å². The molecule has 1 nitrogen and oxygen atoms in total. The highest BCUT2D eigenvalue weighted by atomic mass is 79.9. The van der Waals surface area contributed by atoms with Crippen LogP contribution in [-0.2, 0) is 6.18 Å². The van der Waals surface area contributed by atoms with Crippen LogP contribution in [-0.4, -0.2) is 4.98 Å². The number of aromatic nitrogens is 1. The molecule has 0 amide bonds. The molecule has 0 aliphatic heterocycles. The van der Waals surface area contributed by atoms with Gasteiger partial charge < -0.3 is 0 Å². The maximum Gasteiger partial charge on any atom is 0.434 e. The van der Waals surface area contributed by atoms with Crippen LogP contribution >= 0.6 is 31.9 Å². The Bertz CT molecular complexity index is 376. The highest BCUT2D eigenvalue weighted by Gasteiger charge is 2.36. The first-order chi connectivity index (χ1) is 6.73. The van der Waals surface area contributed by atoms with E-state index in [0.717, 1.165) is 6.07 Å². The molecule has 0 aliphatic carbocycles. The van der Waals surface area contributed by atoms with Gasteiger partial charge in [-0.1, -0.05) is 0 Å². The van der Waals surface area contributed by atoms with Gasteiger partial charge in [0.25, 0.3) is 6.43 Å². The molecule has 0 unspecified atom stereocenters. The van der Waals surface area contributed by atoms with E-state index in [-0.39, 0.29) is 8.95 Å². The van der Waals surface area contributed by atoms with Crippen LogP contribution in [0.2, 0.25) is 0 Å². The van der Waals surface area contributed by atoms with E-state index in [4.69, 9.17) is 0 Å². The van der Waals surface area contributed by atoms with Crippen LogP contribution in [0.1, 0.15) is 17.8 Å². The van der Waals surface area contributed by atoms with Gasteiger partial charge in [0.05, 0.1) is 4.47 Å². The average molecular weight is 355 g/mol. The summed E-state index contributed by atoms with van der Waals surface area (Å²) in [5.41, 5.74) is -2.29. The first kappa shape index (κ1) is 12.8. The Balaban J connectivity index is 3.38. The lowest BCUT2D eigenvalue weighted by Crippen LogP contribution is -2.11. The maximum atomic E-state index is 12.3. The predicted molar refractivity (Wildman–Crippen MR) is 49.6 cm³/mol. The Morgan fingerprint density at radius 1 is 1.20 bits per heavy atom. The molecule has 0 saturated carbocycles. The van der Waals surface area contributed by atoms with Crippen LogP contribution in [0.5, 0.6) is 0 Å². The highest BCUT2D eigenvalue weighted by molar-refractivity contribution is 9.13. The SMILES string of the molecule is FC(F)c1cc(Br)c(Br)c(C(F)(F)F)n1. The summed E-state index contributed by atoms with van der Waals surface area (Å²) in [5.74, 6) is 0. The Morgan fingerprint density at radius 2 is 1.73 bits per heavy atom. The Hall–Kier alpha value is -0.240. The monoisotopic (exact) mass is 353 g/mol. The fraction of sp³-hybridized carbons (Fsp3) is 0.286. The molecule has 84 valence electrons. The summed E-state index contributed by atoms with van der Waals surface area (Å²) in [7, 11) is 0. The van der Waals surface area contributed by atoms with E-state index in [2.05, 4.69) is 36.8 Å². The van der Waals surface area contributed by atoms with E-state index in [0.29, 0.717) is 0 Å². The van der Waals surface area contributed by atoms with E-state index in [1.165, 1.54) is 0 Å². The largest absolute Gasteiger partial charge is 0.434 e. The summed E-state index contributed by atoms with van der Waals surface area (Å²) in [6, 6.07) is 0.837. The highest BCUT2D eigenvalue weighted by Crippen LogP contribution is 2.38. The molecule has 1 rings (SSSR count). The molecular weight excluding hydrogens is 353 g/mol. The van der Waals surface area contributed by atoms with Gasteiger partial charge in [-0.15, -0.1) is 0 Å². The average Bonchev–Trinajstić information content (AvgIpc) is 2.06. The topological polar surface area (TPSA) is 12.9 Å². The molecule has 0 N–H and O–H groups in total. The van der Waals surface area contributed by atoms with Crippen LogP contribution in [0.15, 0.2) is 15.0 Å². The maximum absolute atomic E-state index is 12.3. The molecule has 0 saturated heterocycles. The van der Waals surface area contributed by atoms with Crippen molar-refractivity contribution in [3.63, 3.8) is 0 Å². The molecule has 0 atom stereocenters. The minimum Gasteiger partial charge on any atom is -0.241 e. The van der Waals surface area contributed by atoms with Crippen molar-refractivity contribution in [3.8, 4) is 0 Å². The number of nitrogens with zero attached hydrogens (tertiary/aromatic N) is 1. The Morgan fingerprint density at radius 3 is 2.13 bits per heavy atom. The third-order valence-electron chi connectivity index (χ3n) is 1.43. The van der Waals surface area contributed by atoms with Crippen LogP contribution < -0.4 is 0 Å². The lowest BCUT2D eigenvalue weighted by atomic mass is 10.3. The minimum absolute atomic E-state index is 0.111. The number of rotatable bonds is 1. The molecule has 1 aromatic rings. The first-order valence-electron chi connectivity index (χ1n) is 3.44. The van der Waals surface area contributed by atoms with E-state index >= 15 is 0 Å². The molecule has 0 aromatic carbocycles. The number of hydrogen-bond donors (Lipinski definition) is 0. The summed E-state index contributed by atoms with van der Waals surface area (Å²) in [6.07, 6.45) is -7.82. The van der Waals surface area contributed by atoms with Gasteiger partial charge in [-0.2, -0.15) is 13.2 Å². The van der Waals surface area contributed by atoms with Gasteiger partial charge in [0.15, 0.2) is 5.69 Å². The van der Waals surface area contributed by atoms with E-state index in [1.807, 2.05) is 0 Å². The molecule has 1 aromatic heterocycles. The van der Waals surface area contributed by atoms with Crippen molar-refractivity contribution >= 4 is 31.9 Å². The van der Waals surface area contributed by atoms with Crippen molar-refractivity contribution in [1.29, 1.82) is 0 Å². The summed E-state index contributed by atoms with van der Waals surface area (Å²) < 4.78 is 60.8. The molecular formula is C7H2Br2F5N. The molecule has 8 heteroatoms. The number of pyridine rings is 1. The van der Waals surface area contributed by atoms with Crippen molar-refractivity contribution < 1.29 is 22.0 Å². The van der Waals surface area contributed by atoms with E-state index < -0.39 is 24.0 Å². The molecule has 0 radical (unpaired) electrons.